The zero-order valence-electron chi connectivity index (χ0n) is 14.7. The summed E-state index contributed by atoms with van der Waals surface area (Å²) in [5, 5.41) is 3.25. The highest BCUT2D eigenvalue weighted by atomic mass is 16.5. The lowest BCUT2D eigenvalue weighted by molar-refractivity contribution is 0.219. The first-order chi connectivity index (χ1) is 12.1. The van der Waals surface area contributed by atoms with E-state index in [9.17, 15) is 0 Å². The molecule has 2 unspecified atom stereocenters. The minimum atomic E-state index is -0.00893. The predicted octanol–water partition coefficient (Wildman–Crippen LogP) is 2.63. The fraction of sp³-hybridized carbons (Fsp3) is 0.316. The van der Waals surface area contributed by atoms with Gasteiger partial charge in [0.1, 0.15) is 11.9 Å². The van der Waals surface area contributed by atoms with Gasteiger partial charge in [-0.05, 0) is 30.7 Å². The normalized spacial score (nSPS) is 19.1. The van der Waals surface area contributed by atoms with Crippen molar-refractivity contribution < 1.29 is 14.2 Å². The Morgan fingerprint density at radius 2 is 1.92 bits per heavy atom. The highest BCUT2D eigenvalue weighted by molar-refractivity contribution is 5.78. The topological polar surface area (TPSA) is 78.1 Å². The first kappa shape index (κ1) is 17.0. The van der Waals surface area contributed by atoms with E-state index in [0.717, 1.165) is 16.9 Å². The van der Waals surface area contributed by atoms with Crippen LogP contribution in [0.4, 0.5) is 0 Å². The number of benzene rings is 2. The third-order valence-corrected chi connectivity index (χ3v) is 4.22. The Balaban J connectivity index is 1.69. The minimum absolute atomic E-state index is 0.00719. The quantitative estimate of drug-likeness (QED) is 0.646. The molecule has 0 fully saturated rings. The average Bonchev–Trinajstić information content (AvgIpc) is 2.95. The summed E-state index contributed by atoms with van der Waals surface area (Å²) < 4.78 is 16.4. The predicted molar refractivity (Wildman–Crippen MR) is 97.3 cm³/mol. The summed E-state index contributed by atoms with van der Waals surface area (Å²) in [6.07, 6.45) is -0.00719. The molecule has 6 nitrogen and oxygen atoms in total. The number of ether oxygens (including phenoxy) is 3. The summed E-state index contributed by atoms with van der Waals surface area (Å²) in [7, 11) is 3.22. The van der Waals surface area contributed by atoms with Crippen molar-refractivity contribution in [3.8, 4) is 17.2 Å². The average molecular weight is 341 g/mol. The fourth-order valence-corrected chi connectivity index (χ4v) is 2.92. The molecule has 0 aromatic heterocycles. The smallest absolute Gasteiger partial charge is 0.189 e. The summed E-state index contributed by atoms with van der Waals surface area (Å²) in [5.41, 5.74) is 8.16. The van der Waals surface area contributed by atoms with Gasteiger partial charge in [0.2, 0.25) is 0 Å². The van der Waals surface area contributed by atoms with Crippen LogP contribution >= 0.6 is 0 Å². The van der Waals surface area contributed by atoms with Crippen LogP contribution in [0.1, 0.15) is 24.1 Å². The number of hydrogen-bond acceptors (Lipinski definition) is 4. The summed E-state index contributed by atoms with van der Waals surface area (Å²) in [4.78, 5) is 4.43. The van der Waals surface area contributed by atoms with E-state index in [1.165, 1.54) is 0 Å². The lowest BCUT2D eigenvalue weighted by Gasteiger charge is -2.17. The van der Waals surface area contributed by atoms with E-state index < -0.39 is 0 Å². The van der Waals surface area contributed by atoms with E-state index in [-0.39, 0.29) is 12.1 Å². The number of aliphatic imine (C=N–C) groups is 1. The highest BCUT2D eigenvalue weighted by Crippen LogP contribution is 2.36. The molecule has 0 spiro atoms. The number of para-hydroxylation sites is 1. The van der Waals surface area contributed by atoms with Crippen molar-refractivity contribution in [2.45, 2.75) is 25.6 Å². The maximum absolute atomic E-state index is 6.07. The number of fused-ring (bicyclic) bond motifs is 1. The number of nitrogens with two attached hydrogens (primary N) is 1. The highest BCUT2D eigenvalue weighted by Gasteiger charge is 2.31. The molecule has 2 atom stereocenters. The van der Waals surface area contributed by atoms with Gasteiger partial charge in [-0.1, -0.05) is 24.3 Å². The van der Waals surface area contributed by atoms with Gasteiger partial charge in [-0.2, -0.15) is 0 Å². The van der Waals surface area contributed by atoms with Gasteiger partial charge in [0.25, 0.3) is 0 Å². The van der Waals surface area contributed by atoms with E-state index in [0.29, 0.717) is 24.0 Å². The Morgan fingerprint density at radius 3 is 2.68 bits per heavy atom. The molecule has 25 heavy (non-hydrogen) atoms. The molecule has 0 aliphatic carbocycles. The lowest BCUT2D eigenvalue weighted by Crippen LogP contribution is -2.38. The van der Waals surface area contributed by atoms with Gasteiger partial charge in [0, 0.05) is 5.56 Å². The summed E-state index contributed by atoms with van der Waals surface area (Å²) in [6.45, 7) is 2.46. The summed E-state index contributed by atoms with van der Waals surface area (Å²) >= 11 is 0. The summed E-state index contributed by atoms with van der Waals surface area (Å²) in [6, 6.07) is 13.6. The van der Waals surface area contributed by atoms with Crippen molar-refractivity contribution in [1.82, 2.24) is 5.32 Å². The Kier molecular flexibility index (Phi) is 4.97. The largest absolute Gasteiger partial charge is 0.493 e. The SMILES string of the molecule is COc1ccc(CN=C(N)NC2c3ccccc3OC2C)cc1OC. The minimum Gasteiger partial charge on any atom is -0.493 e. The first-order valence-electron chi connectivity index (χ1n) is 8.15. The van der Waals surface area contributed by atoms with Crippen LogP contribution < -0.4 is 25.3 Å². The maximum atomic E-state index is 6.07. The van der Waals surface area contributed by atoms with Crippen molar-refractivity contribution in [2.75, 3.05) is 14.2 Å². The van der Waals surface area contributed by atoms with Gasteiger partial charge in [0.05, 0.1) is 26.8 Å². The van der Waals surface area contributed by atoms with Crippen molar-refractivity contribution >= 4 is 5.96 Å². The first-order valence-corrected chi connectivity index (χ1v) is 8.15. The molecule has 6 heteroatoms. The zero-order valence-corrected chi connectivity index (χ0v) is 14.7. The zero-order chi connectivity index (χ0) is 17.8. The number of nitrogens with one attached hydrogen (secondary N) is 1. The fourth-order valence-electron chi connectivity index (χ4n) is 2.92. The molecule has 0 saturated carbocycles. The van der Waals surface area contributed by atoms with Crippen molar-refractivity contribution in [3.05, 3.63) is 53.6 Å². The Morgan fingerprint density at radius 1 is 1.16 bits per heavy atom. The monoisotopic (exact) mass is 341 g/mol. The van der Waals surface area contributed by atoms with Crippen LogP contribution in [0.2, 0.25) is 0 Å². The van der Waals surface area contributed by atoms with Crippen LogP contribution in [-0.2, 0) is 6.54 Å². The lowest BCUT2D eigenvalue weighted by atomic mass is 10.1. The van der Waals surface area contributed by atoms with Gasteiger partial charge in [-0.3, -0.25) is 0 Å². The standard InChI is InChI=1S/C19H23N3O3/c1-12-18(14-6-4-5-7-15(14)25-12)22-19(20)21-11-13-8-9-16(23-2)17(10-13)24-3/h4-10,12,18H,11H2,1-3H3,(H3,20,21,22). The number of rotatable bonds is 5. The molecular formula is C19H23N3O3. The molecule has 0 bridgehead atoms. The third-order valence-electron chi connectivity index (χ3n) is 4.22. The number of nitrogens with zero attached hydrogens (tertiary/aromatic N) is 1. The molecule has 1 heterocycles. The van der Waals surface area contributed by atoms with Gasteiger partial charge in [-0.25, -0.2) is 4.99 Å². The number of methoxy groups -OCH3 is 2. The maximum Gasteiger partial charge on any atom is 0.189 e. The van der Waals surface area contributed by atoms with Crippen LogP contribution in [0, 0.1) is 0 Å². The van der Waals surface area contributed by atoms with Gasteiger partial charge in [-0.15, -0.1) is 0 Å². The van der Waals surface area contributed by atoms with E-state index in [2.05, 4.69) is 10.3 Å². The third kappa shape index (κ3) is 3.63. The molecular weight excluding hydrogens is 318 g/mol. The molecule has 132 valence electrons. The second kappa shape index (κ2) is 7.34. The summed E-state index contributed by atoms with van der Waals surface area (Å²) in [5.74, 6) is 2.63. The molecule has 2 aromatic rings. The van der Waals surface area contributed by atoms with Crippen LogP contribution in [0.25, 0.3) is 0 Å². The van der Waals surface area contributed by atoms with E-state index in [1.54, 1.807) is 14.2 Å². The molecule has 1 aliphatic heterocycles. The number of hydrogen-bond donors (Lipinski definition) is 2. The van der Waals surface area contributed by atoms with E-state index >= 15 is 0 Å². The Bertz CT molecular complexity index is 776. The van der Waals surface area contributed by atoms with Crippen molar-refractivity contribution in [1.29, 1.82) is 0 Å². The van der Waals surface area contributed by atoms with E-state index in [1.807, 2.05) is 49.4 Å². The molecule has 0 radical (unpaired) electrons. The molecule has 2 aromatic carbocycles. The molecule has 3 N–H and O–H groups in total. The Labute approximate surface area is 147 Å². The van der Waals surface area contributed by atoms with Gasteiger partial charge < -0.3 is 25.3 Å². The molecule has 3 rings (SSSR count). The molecule has 0 saturated heterocycles. The second-order valence-electron chi connectivity index (χ2n) is 5.87. The second-order valence-corrected chi connectivity index (χ2v) is 5.87. The van der Waals surface area contributed by atoms with Gasteiger partial charge >= 0.3 is 0 Å². The van der Waals surface area contributed by atoms with Crippen molar-refractivity contribution in [2.24, 2.45) is 10.7 Å². The van der Waals surface area contributed by atoms with E-state index in [4.69, 9.17) is 19.9 Å². The molecule has 1 aliphatic rings. The van der Waals surface area contributed by atoms with Crippen LogP contribution in [0.15, 0.2) is 47.5 Å². The van der Waals surface area contributed by atoms with Crippen LogP contribution in [-0.4, -0.2) is 26.3 Å². The van der Waals surface area contributed by atoms with Gasteiger partial charge in [0.15, 0.2) is 17.5 Å². The Hall–Kier alpha value is -2.89. The van der Waals surface area contributed by atoms with Crippen LogP contribution in [0.3, 0.4) is 0 Å². The number of guanidine groups is 1. The van der Waals surface area contributed by atoms with Crippen molar-refractivity contribution in [3.63, 3.8) is 0 Å². The van der Waals surface area contributed by atoms with Crippen LogP contribution in [0.5, 0.6) is 17.2 Å². The molecule has 0 amide bonds.